The molecule has 0 radical (unpaired) electrons. The smallest absolute Gasteiger partial charge is 0.240 e. The van der Waals surface area contributed by atoms with Crippen molar-refractivity contribution in [2.45, 2.75) is 24.3 Å². The predicted octanol–water partition coefficient (Wildman–Crippen LogP) is 2.90. The van der Waals surface area contributed by atoms with E-state index < -0.39 is 15.8 Å². The van der Waals surface area contributed by atoms with Crippen LogP contribution in [0, 0.1) is 5.82 Å². The normalized spacial score (nSPS) is 11.6. The van der Waals surface area contributed by atoms with E-state index in [4.69, 9.17) is 11.6 Å². The summed E-state index contributed by atoms with van der Waals surface area (Å²) in [5, 5.41) is 3.78. The molecule has 3 rings (SSSR count). The second-order valence-corrected chi connectivity index (χ2v) is 8.50. The number of ketones is 1. The Labute approximate surface area is 172 Å². The summed E-state index contributed by atoms with van der Waals surface area (Å²) in [5.74, 6) is -0.808. The second-order valence-electron chi connectivity index (χ2n) is 6.32. The lowest BCUT2D eigenvalue weighted by atomic mass is 10.1. The molecule has 3 aromatic rings. The van der Waals surface area contributed by atoms with E-state index in [1.54, 1.807) is 23.0 Å². The molecule has 1 aromatic carbocycles. The van der Waals surface area contributed by atoms with Crippen LogP contribution in [0.2, 0.25) is 5.02 Å². The molecule has 0 aliphatic heterocycles. The minimum absolute atomic E-state index is 0.0339. The van der Waals surface area contributed by atoms with E-state index in [1.807, 2.05) is 13.1 Å². The molecule has 1 N–H and O–H groups in total. The van der Waals surface area contributed by atoms with Crippen LogP contribution >= 0.6 is 11.6 Å². The number of Topliss-reactive ketones (excluding diaryl/α,β-unsaturated/α-hetero) is 1. The van der Waals surface area contributed by atoms with Gasteiger partial charge in [-0.05, 0) is 42.3 Å². The molecule has 0 saturated heterocycles. The van der Waals surface area contributed by atoms with Crippen LogP contribution in [0.5, 0.6) is 0 Å². The first-order valence-electron chi connectivity index (χ1n) is 8.66. The molecule has 29 heavy (non-hydrogen) atoms. The molecule has 0 fully saturated rings. The van der Waals surface area contributed by atoms with Crippen molar-refractivity contribution >= 4 is 27.4 Å². The van der Waals surface area contributed by atoms with Gasteiger partial charge in [-0.25, -0.2) is 17.5 Å². The van der Waals surface area contributed by atoms with Gasteiger partial charge in [0.25, 0.3) is 0 Å². The van der Waals surface area contributed by atoms with Crippen molar-refractivity contribution in [3.05, 3.63) is 76.6 Å². The van der Waals surface area contributed by atoms with Gasteiger partial charge in [0.05, 0.1) is 9.92 Å². The lowest BCUT2D eigenvalue weighted by Crippen LogP contribution is -2.23. The summed E-state index contributed by atoms with van der Waals surface area (Å²) in [6.07, 6.45) is 3.97. The van der Waals surface area contributed by atoms with Crippen LogP contribution in [0.1, 0.15) is 28.2 Å². The molecule has 2 aromatic heterocycles. The van der Waals surface area contributed by atoms with Gasteiger partial charge in [-0.1, -0.05) is 17.7 Å². The van der Waals surface area contributed by atoms with Gasteiger partial charge in [0, 0.05) is 38.1 Å². The lowest BCUT2D eigenvalue weighted by Gasteiger charge is -2.08. The fraction of sp³-hybridized carbons (Fsp3) is 0.211. The molecular weight excluding hydrogens is 419 g/mol. The van der Waals surface area contributed by atoms with E-state index in [-0.39, 0.29) is 22.2 Å². The molecule has 0 aliphatic carbocycles. The van der Waals surface area contributed by atoms with Crippen molar-refractivity contribution in [3.8, 4) is 0 Å². The Morgan fingerprint density at radius 1 is 1.24 bits per heavy atom. The Kier molecular flexibility index (Phi) is 6.41. The molecule has 0 amide bonds. The third-order valence-electron chi connectivity index (χ3n) is 4.31. The maximum Gasteiger partial charge on any atom is 0.240 e. The number of halogens is 2. The highest BCUT2D eigenvalue weighted by molar-refractivity contribution is 7.89. The number of pyridine rings is 1. The molecule has 0 unspecified atom stereocenters. The Balaban J connectivity index is 1.59. The van der Waals surface area contributed by atoms with Crippen molar-refractivity contribution in [1.82, 2.24) is 19.5 Å². The van der Waals surface area contributed by atoms with E-state index in [0.717, 1.165) is 23.9 Å². The molecule has 0 atom stereocenters. The Morgan fingerprint density at radius 3 is 2.66 bits per heavy atom. The van der Waals surface area contributed by atoms with Gasteiger partial charge in [-0.15, -0.1) is 0 Å². The zero-order valence-corrected chi connectivity index (χ0v) is 17.0. The number of aromatic nitrogens is 3. The summed E-state index contributed by atoms with van der Waals surface area (Å²) in [6.45, 7) is -0.0339. The van der Waals surface area contributed by atoms with Crippen molar-refractivity contribution < 1.29 is 17.6 Å². The van der Waals surface area contributed by atoms with Crippen molar-refractivity contribution in [2.24, 2.45) is 7.05 Å². The topological polar surface area (TPSA) is 94.0 Å². The van der Waals surface area contributed by atoms with Crippen LogP contribution in [0.25, 0.3) is 0 Å². The van der Waals surface area contributed by atoms with Crippen molar-refractivity contribution in [3.63, 3.8) is 0 Å². The largest absolute Gasteiger partial charge is 0.292 e. The van der Waals surface area contributed by atoms with Crippen molar-refractivity contribution in [2.75, 3.05) is 0 Å². The number of benzene rings is 1. The maximum atomic E-state index is 13.2. The standard InChI is InChI=1S/C19H18ClFN4O3S/c1-25-14(8-9-23-25)3-7-19(26)18-6-2-13(11-22-18)12-24-29(27,28)15-4-5-17(21)16(20)10-15/h2,4-6,8-11,24H,3,7,12H2,1H3. The summed E-state index contributed by atoms with van der Waals surface area (Å²) in [5.41, 5.74) is 1.83. The number of hydrogen-bond donors (Lipinski definition) is 1. The highest BCUT2D eigenvalue weighted by Gasteiger charge is 2.16. The Hall–Kier alpha value is -2.62. The molecule has 0 spiro atoms. The van der Waals surface area contributed by atoms with E-state index in [9.17, 15) is 17.6 Å². The second kappa shape index (κ2) is 8.81. The summed E-state index contributed by atoms with van der Waals surface area (Å²) in [7, 11) is -2.05. The van der Waals surface area contributed by atoms with Gasteiger partial charge >= 0.3 is 0 Å². The minimum Gasteiger partial charge on any atom is -0.292 e. The number of nitrogens with zero attached hydrogens (tertiary/aromatic N) is 3. The fourth-order valence-electron chi connectivity index (χ4n) is 2.62. The Bertz CT molecular complexity index is 1130. The zero-order chi connectivity index (χ0) is 21.0. The molecule has 2 heterocycles. The molecule has 152 valence electrons. The summed E-state index contributed by atoms with van der Waals surface area (Å²) >= 11 is 5.64. The molecule has 0 bridgehead atoms. The number of carbonyl (C=O) groups is 1. The molecule has 0 aliphatic rings. The van der Waals surface area contributed by atoms with Gasteiger partial charge in [-0.2, -0.15) is 5.10 Å². The number of nitrogens with one attached hydrogen (secondary N) is 1. The van der Waals surface area contributed by atoms with Gasteiger partial charge in [0.15, 0.2) is 5.78 Å². The van der Waals surface area contributed by atoms with Gasteiger partial charge in [0.2, 0.25) is 10.0 Å². The summed E-state index contributed by atoms with van der Waals surface area (Å²) in [6, 6.07) is 8.20. The minimum atomic E-state index is -3.87. The Morgan fingerprint density at radius 2 is 2.03 bits per heavy atom. The van der Waals surface area contributed by atoms with E-state index in [1.165, 1.54) is 6.20 Å². The van der Waals surface area contributed by atoms with E-state index in [2.05, 4.69) is 14.8 Å². The van der Waals surface area contributed by atoms with E-state index >= 15 is 0 Å². The molecule has 10 heteroatoms. The third kappa shape index (κ3) is 5.26. The number of sulfonamides is 1. The number of rotatable bonds is 8. The van der Waals surface area contributed by atoms with Gasteiger partial charge < -0.3 is 0 Å². The SMILES string of the molecule is Cn1nccc1CCC(=O)c1ccc(CNS(=O)(=O)c2ccc(F)c(Cl)c2)cn1. The van der Waals surface area contributed by atoms with Gasteiger partial charge in [-0.3, -0.25) is 14.5 Å². The molecule has 0 saturated carbocycles. The third-order valence-corrected chi connectivity index (χ3v) is 6.00. The van der Waals surface area contributed by atoms with Crippen LogP contribution in [0.15, 0.2) is 53.7 Å². The summed E-state index contributed by atoms with van der Waals surface area (Å²) < 4.78 is 41.9. The van der Waals surface area contributed by atoms with Gasteiger partial charge in [0.1, 0.15) is 11.5 Å². The predicted molar refractivity (Wildman–Crippen MR) is 106 cm³/mol. The maximum absolute atomic E-state index is 13.2. The van der Waals surface area contributed by atoms with E-state index in [0.29, 0.717) is 24.1 Å². The molecule has 7 nitrogen and oxygen atoms in total. The highest BCUT2D eigenvalue weighted by atomic mass is 35.5. The molecular formula is C19H18ClFN4O3S. The van der Waals surface area contributed by atoms with Crippen LogP contribution < -0.4 is 4.72 Å². The van der Waals surface area contributed by atoms with Crippen molar-refractivity contribution in [1.29, 1.82) is 0 Å². The lowest BCUT2D eigenvalue weighted by molar-refractivity contribution is 0.0977. The number of carbonyl (C=O) groups excluding carboxylic acids is 1. The average molecular weight is 437 g/mol. The quantitative estimate of drug-likeness (QED) is 0.548. The first-order valence-corrected chi connectivity index (χ1v) is 10.5. The average Bonchev–Trinajstić information content (AvgIpc) is 3.12. The van der Waals surface area contributed by atoms with Crippen LogP contribution in [-0.4, -0.2) is 29.0 Å². The van der Waals surface area contributed by atoms with Crippen LogP contribution in [-0.2, 0) is 30.0 Å². The van der Waals surface area contributed by atoms with Crippen LogP contribution in [0.4, 0.5) is 4.39 Å². The highest BCUT2D eigenvalue weighted by Crippen LogP contribution is 2.19. The fourth-order valence-corrected chi connectivity index (χ4v) is 3.90. The number of hydrogen-bond acceptors (Lipinski definition) is 5. The first kappa shape index (κ1) is 21.1. The number of aryl methyl sites for hydroxylation is 2. The first-order chi connectivity index (χ1) is 13.8. The monoisotopic (exact) mass is 436 g/mol. The zero-order valence-electron chi connectivity index (χ0n) is 15.5. The van der Waals surface area contributed by atoms with Crippen LogP contribution in [0.3, 0.4) is 0 Å². The summed E-state index contributed by atoms with van der Waals surface area (Å²) in [4.78, 5) is 16.3.